The molecule has 20 heavy (non-hydrogen) atoms. The number of hydrogen-bond acceptors (Lipinski definition) is 4. The first-order valence-corrected chi connectivity index (χ1v) is 7.77. The number of nitrogens with one attached hydrogen (secondary N) is 1. The molecule has 2 aliphatic carbocycles. The van der Waals surface area contributed by atoms with Crippen LogP contribution < -0.4 is 10.9 Å². The molecule has 2 aliphatic rings. The highest BCUT2D eigenvalue weighted by molar-refractivity contribution is 5.31. The van der Waals surface area contributed by atoms with Crippen LogP contribution in [-0.4, -0.2) is 40.6 Å². The summed E-state index contributed by atoms with van der Waals surface area (Å²) >= 11 is 0. The Bertz CT molecular complexity index is 503. The van der Waals surface area contributed by atoms with E-state index >= 15 is 0 Å². The summed E-state index contributed by atoms with van der Waals surface area (Å²) in [6, 6.07) is 1.14. The molecule has 0 spiro atoms. The molecule has 1 aromatic rings. The van der Waals surface area contributed by atoms with Gasteiger partial charge in [-0.2, -0.15) is 0 Å². The largest absolute Gasteiger partial charge is 0.364 e. The Labute approximate surface area is 120 Å². The minimum Gasteiger partial charge on any atom is -0.364 e. The fraction of sp³-hybridized carbons (Fsp3) is 0.733. The molecule has 5 nitrogen and oxygen atoms in total. The van der Waals surface area contributed by atoms with E-state index in [-0.39, 0.29) is 5.56 Å². The van der Waals surface area contributed by atoms with Crippen molar-refractivity contribution >= 4 is 5.82 Å². The van der Waals surface area contributed by atoms with Gasteiger partial charge in [-0.3, -0.25) is 4.79 Å². The molecule has 0 saturated heterocycles. The van der Waals surface area contributed by atoms with Crippen molar-refractivity contribution in [2.24, 2.45) is 0 Å². The first kappa shape index (κ1) is 13.6. The third-order valence-corrected chi connectivity index (χ3v) is 4.51. The molecule has 0 unspecified atom stereocenters. The monoisotopic (exact) mass is 276 g/mol. The molecule has 0 atom stereocenters. The van der Waals surface area contributed by atoms with Crippen molar-refractivity contribution in [3.63, 3.8) is 0 Å². The van der Waals surface area contributed by atoms with Crippen LogP contribution in [0.25, 0.3) is 0 Å². The average molecular weight is 276 g/mol. The fourth-order valence-corrected chi connectivity index (χ4v) is 3.06. The van der Waals surface area contributed by atoms with E-state index in [2.05, 4.69) is 22.2 Å². The molecule has 0 aromatic carbocycles. The molecule has 2 fully saturated rings. The van der Waals surface area contributed by atoms with Crippen LogP contribution in [0.3, 0.4) is 0 Å². The number of likely N-dealkylation sites (N-methyl/N-ethyl adjacent to an activating group) is 1. The molecule has 1 heterocycles. The van der Waals surface area contributed by atoms with Crippen LogP contribution in [0.2, 0.25) is 0 Å². The number of nitrogens with zero attached hydrogens (tertiary/aromatic N) is 3. The van der Waals surface area contributed by atoms with E-state index in [0.29, 0.717) is 11.9 Å². The molecule has 3 rings (SSSR count). The molecule has 5 heteroatoms. The minimum atomic E-state index is 0.0264. The first-order chi connectivity index (χ1) is 9.75. The van der Waals surface area contributed by atoms with Crippen LogP contribution in [-0.2, 0) is 0 Å². The van der Waals surface area contributed by atoms with Gasteiger partial charge < -0.3 is 14.8 Å². The van der Waals surface area contributed by atoms with E-state index in [1.807, 2.05) is 4.57 Å². The van der Waals surface area contributed by atoms with Crippen molar-refractivity contribution in [3.05, 3.63) is 22.7 Å². The zero-order valence-electron chi connectivity index (χ0n) is 12.2. The second kappa shape index (κ2) is 5.95. The molecule has 0 bridgehead atoms. The highest BCUT2D eigenvalue weighted by Gasteiger charge is 2.25. The quantitative estimate of drug-likeness (QED) is 0.861. The van der Waals surface area contributed by atoms with Crippen LogP contribution >= 0.6 is 0 Å². The van der Waals surface area contributed by atoms with Gasteiger partial charge in [0.25, 0.3) is 5.56 Å². The summed E-state index contributed by atoms with van der Waals surface area (Å²) in [5.74, 6) is 0.499. The SMILES string of the molecule is CN(CCNc1nccn(C2CC2)c1=O)C1CCCC1. The summed E-state index contributed by atoms with van der Waals surface area (Å²) in [6.45, 7) is 1.74. The Morgan fingerprint density at radius 3 is 2.80 bits per heavy atom. The maximum absolute atomic E-state index is 12.2. The molecule has 1 aromatic heterocycles. The second-order valence-electron chi connectivity index (χ2n) is 6.07. The van der Waals surface area contributed by atoms with E-state index in [9.17, 15) is 4.79 Å². The number of anilines is 1. The van der Waals surface area contributed by atoms with Crippen molar-refractivity contribution in [2.75, 3.05) is 25.5 Å². The van der Waals surface area contributed by atoms with Crippen LogP contribution in [0.1, 0.15) is 44.6 Å². The summed E-state index contributed by atoms with van der Waals surface area (Å²) in [6.07, 6.45) is 11.1. The maximum Gasteiger partial charge on any atom is 0.293 e. The molecular formula is C15H24N4O. The Balaban J connectivity index is 1.53. The van der Waals surface area contributed by atoms with Gasteiger partial charge in [0.05, 0.1) is 0 Å². The van der Waals surface area contributed by atoms with Gasteiger partial charge in [-0.15, -0.1) is 0 Å². The van der Waals surface area contributed by atoms with Gasteiger partial charge >= 0.3 is 0 Å². The molecule has 2 saturated carbocycles. The van der Waals surface area contributed by atoms with Gasteiger partial charge in [-0.05, 0) is 32.7 Å². The predicted molar refractivity (Wildman–Crippen MR) is 80.1 cm³/mol. The van der Waals surface area contributed by atoms with E-state index in [4.69, 9.17) is 0 Å². The predicted octanol–water partition coefficient (Wildman–Crippen LogP) is 1.86. The van der Waals surface area contributed by atoms with Crippen molar-refractivity contribution < 1.29 is 0 Å². The highest BCUT2D eigenvalue weighted by Crippen LogP contribution is 2.33. The first-order valence-electron chi connectivity index (χ1n) is 7.77. The van der Waals surface area contributed by atoms with E-state index < -0.39 is 0 Å². The van der Waals surface area contributed by atoms with Crippen molar-refractivity contribution in [3.8, 4) is 0 Å². The van der Waals surface area contributed by atoms with Crippen LogP contribution in [0.15, 0.2) is 17.2 Å². The normalized spacial score (nSPS) is 19.7. The summed E-state index contributed by atoms with van der Waals surface area (Å²) in [4.78, 5) is 18.8. The maximum atomic E-state index is 12.2. The lowest BCUT2D eigenvalue weighted by Gasteiger charge is -2.23. The van der Waals surface area contributed by atoms with Gasteiger partial charge in [0.1, 0.15) is 0 Å². The Morgan fingerprint density at radius 2 is 2.10 bits per heavy atom. The van der Waals surface area contributed by atoms with Crippen molar-refractivity contribution in [2.45, 2.75) is 50.6 Å². The Hall–Kier alpha value is -1.36. The van der Waals surface area contributed by atoms with E-state index in [1.54, 1.807) is 12.4 Å². The number of rotatable bonds is 6. The summed E-state index contributed by atoms with van der Waals surface area (Å²) in [5.41, 5.74) is 0.0264. The van der Waals surface area contributed by atoms with Crippen LogP contribution in [0, 0.1) is 0 Å². The van der Waals surface area contributed by atoms with Gasteiger partial charge in [0.2, 0.25) is 0 Å². The highest BCUT2D eigenvalue weighted by atomic mass is 16.1. The molecule has 0 amide bonds. The van der Waals surface area contributed by atoms with Gasteiger partial charge in [0, 0.05) is 37.6 Å². The second-order valence-corrected chi connectivity index (χ2v) is 6.07. The van der Waals surface area contributed by atoms with Crippen LogP contribution in [0.5, 0.6) is 0 Å². The van der Waals surface area contributed by atoms with Gasteiger partial charge in [-0.25, -0.2) is 4.98 Å². The molecule has 0 aliphatic heterocycles. The number of aromatic nitrogens is 2. The topological polar surface area (TPSA) is 50.2 Å². The van der Waals surface area contributed by atoms with Gasteiger partial charge in [-0.1, -0.05) is 12.8 Å². The lowest BCUT2D eigenvalue weighted by Crippen LogP contribution is -2.34. The lowest BCUT2D eigenvalue weighted by molar-refractivity contribution is 0.254. The lowest BCUT2D eigenvalue weighted by atomic mass is 10.2. The smallest absolute Gasteiger partial charge is 0.293 e. The Morgan fingerprint density at radius 1 is 1.35 bits per heavy atom. The third kappa shape index (κ3) is 3.03. The van der Waals surface area contributed by atoms with Gasteiger partial charge in [0.15, 0.2) is 5.82 Å². The van der Waals surface area contributed by atoms with Crippen molar-refractivity contribution in [1.82, 2.24) is 14.5 Å². The molecule has 110 valence electrons. The molecule has 0 radical (unpaired) electrons. The molecular weight excluding hydrogens is 252 g/mol. The number of hydrogen-bond donors (Lipinski definition) is 1. The van der Waals surface area contributed by atoms with Crippen molar-refractivity contribution in [1.29, 1.82) is 0 Å². The zero-order valence-corrected chi connectivity index (χ0v) is 12.2. The average Bonchev–Trinajstić information content (AvgIpc) is 3.14. The van der Waals surface area contributed by atoms with E-state index in [1.165, 1.54) is 25.7 Å². The minimum absolute atomic E-state index is 0.0264. The standard InChI is InChI=1S/C15H24N4O/c1-18(12-4-2-3-5-12)10-8-16-14-15(20)19(11-9-17-14)13-6-7-13/h9,11-13H,2-8,10H2,1H3,(H,16,17). The summed E-state index contributed by atoms with van der Waals surface area (Å²) in [5, 5.41) is 3.20. The van der Waals surface area contributed by atoms with E-state index in [0.717, 1.165) is 32.0 Å². The summed E-state index contributed by atoms with van der Waals surface area (Å²) < 4.78 is 1.82. The third-order valence-electron chi connectivity index (χ3n) is 4.51. The zero-order chi connectivity index (χ0) is 13.9. The summed E-state index contributed by atoms with van der Waals surface area (Å²) in [7, 11) is 2.18. The van der Waals surface area contributed by atoms with Crippen LogP contribution in [0.4, 0.5) is 5.82 Å². The molecule has 1 N–H and O–H groups in total. The fourth-order valence-electron chi connectivity index (χ4n) is 3.06. The Kier molecular flexibility index (Phi) is 4.05.